The van der Waals surface area contributed by atoms with E-state index in [0.717, 1.165) is 6.42 Å². The first-order valence-electron chi connectivity index (χ1n) is 9.58. The molecule has 0 atom stereocenters. The molecule has 0 unspecified atom stereocenters. The summed E-state index contributed by atoms with van der Waals surface area (Å²) in [6.07, 6.45) is 8.33. The number of hydrogen-bond donors (Lipinski definition) is 0. The van der Waals surface area contributed by atoms with Gasteiger partial charge in [0.15, 0.2) is 0 Å². The Labute approximate surface area is 207 Å². The third-order valence-electron chi connectivity index (χ3n) is 5.13. The van der Waals surface area contributed by atoms with Gasteiger partial charge in [-0.1, -0.05) is 74.7 Å². The van der Waals surface area contributed by atoms with E-state index in [1.807, 2.05) is 6.07 Å². The van der Waals surface area contributed by atoms with Crippen molar-refractivity contribution in [3.05, 3.63) is 82.2 Å². The fourth-order valence-electron chi connectivity index (χ4n) is 3.45. The maximum absolute atomic E-state index is 3.67. The predicted octanol–water partition coefficient (Wildman–Crippen LogP) is 0.864. The maximum Gasteiger partial charge on any atom is 4.00 e. The van der Waals surface area contributed by atoms with Crippen molar-refractivity contribution in [1.29, 1.82) is 0 Å². The van der Waals surface area contributed by atoms with Gasteiger partial charge in [-0.05, 0) is 6.42 Å². The summed E-state index contributed by atoms with van der Waals surface area (Å²) in [6.45, 7) is 14.4. The first-order chi connectivity index (χ1) is 12.2. The van der Waals surface area contributed by atoms with Gasteiger partial charge >= 0.3 is 21.7 Å². The van der Waals surface area contributed by atoms with E-state index in [2.05, 4.69) is 93.9 Å². The van der Waals surface area contributed by atoms with Crippen LogP contribution in [0.2, 0.25) is 39.3 Å². The normalized spacial score (nSPS) is 13.9. The van der Waals surface area contributed by atoms with Crippen LogP contribution in [0.3, 0.4) is 0 Å². The molecule has 2 aromatic carbocycles. The zero-order valence-electron chi connectivity index (χ0n) is 18.3. The van der Waals surface area contributed by atoms with Gasteiger partial charge in [0.1, 0.15) is 0 Å². The molecule has 2 aliphatic carbocycles. The molecule has 5 heteroatoms. The Bertz CT molecular complexity index is 831. The standard InChI is InChI=1S/C13H9.C11H21Si2.2ClH.Ti/c1-3-7-12-10(5-1)9-11-6-2-4-8-13(11)12;1-12(2,3)10-7-8-11(9-10)13(4,5)6;;;/h1-5,7-8H,9H2;7H,8H2,1-6H3;2*1H;/q2*-1;;;+4/p-2. The second kappa shape index (κ2) is 11.3. The van der Waals surface area contributed by atoms with Gasteiger partial charge in [0.2, 0.25) is 0 Å². The molecule has 0 aromatic heterocycles. The molecule has 0 N–H and O–H groups in total. The molecule has 4 rings (SSSR count). The second-order valence-electron chi connectivity index (χ2n) is 9.32. The molecule has 0 spiro atoms. The van der Waals surface area contributed by atoms with Crippen molar-refractivity contribution < 1.29 is 46.5 Å². The van der Waals surface area contributed by atoms with Crippen molar-refractivity contribution in [2.45, 2.75) is 52.1 Å². The Morgan fingerprint density at radius 3 is 1.97 bits per heavy atom. The first-order valence-corrected chi connectivity index (χ1v) is 16.6. The fraction of sp³-hybridized carbons (Fsp3) is 0.333. The summed E-state index contributed by atoms with van der Waals surface area (Å²) in [5.74, 6) is 0. The molecular weight excluding hydrogens is 463 g/mol. The third-order valence-corrected chi connectivity index (χ3v) is 9.21. The van der Waals surface area contributed by atoms with Crippen molar-refractivity contribution in [2.24, 2.45) is 0 Å². The minimum atomic E-state index is -1.09. The number of benzene rings is 2. The predicted molar refractivity (Wildman–Crippen MR) is 120 cm³/mol. The Kier molecular flexibility index (Phi) is 11.2. The smallest absolute Gasteiger partial charge is 1.00 e. The average Bonchev–Trinajstić information content (AvgIpc) is 3.20. The van der Waals surface area contributed by atoms with E-state index in [1.165, 1.54) is 28.7 Å². The van der Waals surface area contributed by atoms with E-state index in [-0.39, 0.29) is 46.5 Å². The number of hydrogen-bond acceptors (Lipinski definition) is 0. The van der Waals surface area contributed by atoms with Gasteiger partial charge in [0.25, 0.3) is 0 Å². The van der Waals surface area contributed by atoms with Crippen LogP contribution in [0.5, 0.6) is 0 Å². The van der Waals surface area contributed by atoms with E-state index in [0.29, 0.717) is 0 Å². The largest absolute Gasteiger partial charge is 4.00 e. The number of rotatable bonds is 2. The third kappa shape index (κ3) is 7.09. The van der Waals surface area contributed by atoms with Crippen LogP contribution in [0.1, 0.15) is 17.5 Å². The van der Waals surface area contributed by atoms with Crippen LogP contribution in [0.15, 0.2) is 58.9 Å². The Morgan fingerprint density at radius 2 is 1.41 bits per heavy atom. The molecular formula is C24H30Cl2Si2Ti. The molecule has 0 heterocycles. The van der Waals surface area contributed by atoms with Crippen LogP contribution in [0.25, 0.3) is 11.1 Å². The van der Waals surface area contributed by atoms with Crippen molar-refractivity contribution in [2.75, 3.05) is 0 Å². The Balaban J connectivity index is 0.000000490. The topological polar surface area (TPSA) is 0 Å². The molecule has 0 bridgehead atoms. The molecule has 152 valence electrons. The van der Waals surface area contributed by atoms with E-state index in [4.69, 9.17) is 0 Å². The minimum absolute atomic E-state index is 0. The molecule has 29 heavy (non-hydrogen) atoms. The quantitative estimate of drug-likeness (QED) is 0.367. The summed E-state index contributed by atoms with van der Waals surface area (Å²) >= 11 is 0. The molecule has 0 fully saturated rings. The van der Waals surface area contributed by atoms with Crippen LogP contribution in [-0.2, 0) is 28.1 Å². The molecule has 0 saturated heterocycles. The van der Waals surface area contributed by atoms with Crippen LogP contribution in [0.4, 0.5) is 0 Å². The molecule has 0 aliphatic heterocycles. The van der Waals surface area contributed by atoms with E-state index in [9.17, 15) is 0 Å². The van der Waals surface area contributed by atoms with Crippen molar-refractivity contribution >= 4 is 16.1 Å². The van der Waals surface area contributed by atoms with E-state index in [1.54, 1.807) is 10.4 Å². The molecule has 2 aliphatic rings. The van der Waals surface area contributed by atoms with Gasteiger partial charge in [-0.15, -0.1) is 12.0 Å². The van der Waals surface area contributed by atoms with Gasteiger partial charge < -0.3 is 24.8 Å². The van der Waals surface area contributed by atoms with E-state index >= 15 is 0 Å². The zero-order valence-corrected chi connectivity index (χ0v) is 23.4. The Morgan fingerprint density at radius 1 is 0.793 bits per heavy atom. The average molecular weight is 493 g/mol. The summed E-state index contributed by atoms with van der Waals surface area (Å²) < 4.78 is 0. The molecule has 2 aromatic rings. The minimum Gasteiger partial charge on any atom is -1.00 e. The zero-order chi connectivity index (χ0) is 18.9. The number of fused-ring (bicyclic) bond motifs is 3. The Hall–Kier alpha value is -0.352. The van der Waals surface area contributed by atoms with Crippen molar-refractivity contribution in [1.82, 2.24) is 0 Å². The van der Waals surface area contributed by atoms with Crippen molar-refractivity contribution in [3.8, 4) is 11.1 Å². The van der Waals surface area contributed by atoms with Crippen molar-refractivity contribution in [3.63, 3.8) is 0 Å². The summed E-state index contributed by atoms with van der Waals surface area (Å²) in [4.78, 5) is 0. The van der Waals surface area contributed by atoms with Crippen LogP contribution in [-0.4, -0.2) is 16.1 Å². The number of allylic oxidation sites excluding steroid dienone is 4. The first kappa shape index (κ1) is 28.6. The monoisotopic (exact) mass is 492 g/mol. The van der Waals surface area contributed by atoms with Crippen LogP contribution < -0.4 is 24.8 Å². The van der Waals surface area contributed by atoms with Gasteiger partial charge in [-0.25, -0.2) is 11.3 Å². The molecule has 0 nitrogen and oxygen atoms in total. The van der Waals surface area contributed by atoms with Gasteiger partial charge in [-0.3, -0.25) is 6.08 Å². The second-order valence-corrected chi connectivity index (χ2v) is 19.5. The molecule has 0 amide bonds. The summed E-state index contributed by atoms with van der Waals surface area (Å²) in [5, 5.41) is 3.16. The fourth-order valence-corrected chi connectivity index (χ4v) is 6.04. The van der Waals surface area contributed by atoms with E-state index < -0.39 is 16.1 Å². The SMILES string of the molecule is C[Si](C)(C)C1=[C-]C([Si](C)(C)C)=CC1.[Cl-].[Cl-].[Ti+4].[c-]1cccc2c1Cc1ccccc1-2. The summed E-state index contributed by atoms with van der Waals surface area (Å²) in [7, 11) is -2.16. The van der Waals surface area contributed by atoms with Crippen LogP contribution >= 0.6 is 0 Å². The molecule has 0 saturated carbocycles. The summed E-state index contributed by atoms with van der Waals surface area (Å²) in [5.41, 5.74) is 5.51. The van der Waals surface area contributed by atoms with Gasteiger partial charge in [-0.2, -0.15) is 35.0 Å². The van der Waals surface area contributed by atoms with Gasteiger partial charge in [0.05, 0.1) is 8.07 Å². The van der Waals surface area contributed by atoms with Gasteiger partial charge in [0, 0.05) is 8.07 Å². The molecule has 0 radical (unpaired) electrons. The number of halogens is 2. The summed E-state index contributed by atoms with van der Waals surface area (Å²) in [6, 6.07) is 18.1. The van der Waals surface area contributed by atoms with Crippen LogP contribution in [0, 0.1) is 12.1 Å². The maximum atomic E-state index is 3.67.